The van der Waals surface area contributed by atoms with Crippen molar-refractivity contribution in [1.29, 1.82) is 0 Å². The highest BCUT2D eigenvalue weighted by molar-refractivity contribution is 9.10. The third-order valence-electron chi connectivity index (χ3n) is 4.27. The van der Waals surface area contributed by atoms with Gasteiger partial charge >= 0.3 is 0 Å². The molecule has 6 heteroatoms. The second kappa shape index (κ2) is 7.41. The van der Waals surface area contributed by atoms with Gasteiger partial charge in [0.25, 0.3) is 0 Å². The predicted octanol–water partition coefficient (Wildman–Crippen LogP) is 3.60. The summed E-state index contributed by atoms with van der Waals surface area (Å²) in [5.74, 6) is 0. The zero-order chi connectivity index (χ0) is 18.0. The second-order valence-corrected chi connectivity index (χ2v) is 9.09. The maximum absolute atomic E-state index is 13.0. The van der Waals surface area contributed by atoms with Crippen molar-refractivity contribution in [3.05, 3.63) is 70.2 Å². The number of rotatable bonds is 3. The van der Waals surface area contributed by atoms with Gasteiger partial charge in [0, 0.05) is 17.6 Å². The van der Waals surface area contributed by atoms with E-state index in [9.17, 15) is 13.5 Å². The van der Waals surface area contributed by atoms with E-state index in [-0.39, 0.29) is 18.0 Å². The highest BCUT2D eigenvalue weighted by Gasteiger charge is 2.29. The fourth-order valence-electron chi connectivity index (χ4n) is 2.82. The highest BCUT2D eigenvalue weighted by Crippen LogP contribution is 2.26. The number of sulfonamides is 1. The largest absolute Gasteiger partial charge is 0.391 e. The fraction of sp³-hybridized carbons (Fsp3) is 0.263. The number of benzene rings is 2. The number of aliphatic hydroxyl groups is 1. The zero-order valence-corrected chi connectivity index (χ0v) is 16.3. The fourth-order valence-corrected chi connectivity index (χ4v) is 4.54. The predicted molar refractivity (Wildman–Crippen MR) is 103 cm³/mol. The van der Waals surface area contributed by atoms with Crippen molar-refractivity contribution in [3.8, 4) is 0 Å². The van der Waals surface area contributed by atoms with E-state index >= 15 is 0 Å². The van der Waals surface area contributed by atoms with Gasteiger partial charge < -0.3 is 5.11 Å². The lowest BCUT2D eigenvalue weighted by Crippen LogP contribution is -2.37. The number of hydrogen-bond donors (Lipinski definition) is 1. The number of halogens is 1. The van der Waals surface area contributed by atoms with E-state index < -0.39 is 16.1 Å². The first-order chi connectivity index (χ1) is 11.9. The molecule has 2 aromatic rings. The summed E-state index contributed by atoms with van der Waals surface area (Å²) < 4.78 is 28.3. The van der Waals surface area contributed by atoms with Crippen molar-refractivity contribution in [1.82, 2.24) is 4.31 Å². The molecule has 1 atom stereocenters. The maximum Gasteiger partial charge on any atom is 0.243 e. The van der Waals surface area contributed by atoms with Gasteiger partial charge in [-0.2, -0.15) is 4.31 Å². The lowest BCUT2D eigenvalue weighted by Gasteiger charge is -2.23. The summed E-state index contributed by atoms with van der Waals surface area (Å²) in [5.41, 5.74) is 2.87. The van der Waals surface area contributed by atoms with Crippen molar-refractivity contribution < 1.29 is 13.5 Å². The number of hydrogen-bond acceptors (Lipinski definition) is 3. The van der Waals surface area contributed by atoms with Crippen LogP contribution in [0.5, 0.6) is 0 Å². The molecule has 0 saturated heterocycles. The second-order valence-electron chi connectivity index (χ2n) is 6.24. The van der Waals surface area contributed by atoms with Crippen molar-refractivity contribution in [2.75, 3.05) is 13.1 Å². The number of β-amino-alcohol motifs (C(OH)–C–C–N with tert-alkyl or cyclic N) is 1. The Morgan fingerprint density at radius 2 is 1.72 bits per heavy atom. The summed E-state index contributed by atoms with van der Waals surface area (Å²) in [4.78, 5) is 0.252. The molecule has 0 amide bonds. The van der Waals surface area contributed by atoms with Crippen LogP contribution in [0.25, 0.3) is 5.57 Å². The van der Waals surface area contributed by atoms with Crippen LogP contribution < -0.4 is 0 Å². The Hall–Kier alpha value is -1.47. The van der Waals surface area contributed by atoms with E-state index in [0.717, 1.165) is 21.2 Å². The molecule has 0 aliphatic carbocycles. The monoisotopic (exact) mass is 421 g/mol. The molecule has 2 aromatic carbocycles. The molecule has 0 bridgehead atoms. The SMILES string of the molecule is Cc1ccc(S(=O)(=O)N2CC(c3ccc(Br)cc3)=CCC(O)C2)cc1. The lowest BCUT2D eigenvalue weighted by molar-refractivity contribution is 0.155. The summed E-state index contributed by atoms with van der Waals surface area (Å²) in [7, 11) is -3.66. The molecular formula is C19H20BrNO3S. The van der Waals surface area contributed by atoms with Gasteiger partial charge in [-0.05, 0) is 48.7 Å². The van der Waals surface area contributed by atoms with Crippen LogP contribution in [0.15, 0.2) is 64.0 Å². The van der Waals surface area contributed by atoms with Gasteiger partial charge in [0.1, 0.15) is 0 Å². The Kier molecular flexibility index (Phi) is 5.43. The molecule has 25 heavy (non-hydrogen) atoms. The Bertz CT molecular complexity index is 874. The van der Waals surface area contributed by atoms with Crippen LogP contribution in [0.4, 0.5) is 0 Å². The first-order valence-electron chi connectivity index (χ1n) is 8.06. The van der Waals surface area contributed by atoms with Crippen LogP contribution in [-0.2, 0) is 10.0 Å². The summed E-state index contributed by atoms with van der Waals surface area (Å²) in [6.45, 7) is 2.25. The third kappa shape index (κ3) is 4.20. The molecule has 1 unspecified atom stereocenters. The Balaban J connectivity index is 1.94. The maximum atomic E-state index is 13.0. The average Bonchev–Trinajstić information content (AvgIpc) is 2.78. The lowest BCUT2D eigenvalue weighted by atomic mass is 10.1. The molecule has 3 rings (SSSR count). The standard InChI is InChI=1S/C19H20BrNO3S/c1-14-2-10-19(11-3-14)25(23,24)21-12-16(6-9-18(22)13-21)15-4-7-17(20)8-5-15/h2-8,10-11,18,22H,9,12-13H2,1H3. The molecule has 0 radical (unpaired) electrons. The summed E-state index contributed by atoms with van der Waals surface area (Å²) in [6.07, 6.45) is 1.65. The molecule has 0 saturated carbocycles. The van der Waals surface area contributed by atoms with Gasteiger partial charge in [-0.3, -0.25) is 0 Å². The molecule has 0 fully saturated rings. The quantitative estimate of drug-likeness (QED) is 0.823. The first kappa shape index (κ1) is 18.3. The van der Waals surface area contributed by atoms with Crippen molar-refractivity contribution in [3.63, 3.8) is 0 Å². The van der Waals surface area contributed by atoms with Gasteiger partial charge in [-0.1, -0.05) is 51.8 Å². The number of aliphatic hydroxyl groups excluding tert-OH is 1. The van der Waals surface area contributed by atoms with E-state index in [2.05, 4.69) is 15.9 Å². The Labute approximate surface area is 157 Å². The topological polar surface area (TPSA) is 57.6 Å². The van der Waals surface area contributed by atoms with Gasteiger partial charge in [-0.15, -0.1) is 0 Å². The molecule has 1 N–H and O–H groups in total. The number of nitrogens with zero attached hydrogens (tertiary/aromatic N) is 1. The van der Waals surface area contributed by atoms with Crippen LogP contribution >= 0.6 is 15.9 Å². The molecule has 0 aromatic heterocycles. The van der Waals surface area contributed by atoms with Crippen LogP contribution in [0.3, 0.4) is 0 Å². The molecular weight excluding hydrogens is 402 g/mol. The minimum Gasteiger partial charge on any atom is -0.391 e. The molecule has 1 heterocycles. The van der Waals surface area contributed by atoms with E-state index in [1.165, 1.54) is 4.31 Å². The van der Waals surface area contributed by atoms with E-state index in [1.54, 1.807) is 24.3 Å². The van der Waals surface area contributed by atoms with Gasteiger partial charge in [0.15, 0.2) is 0 Å². The van der Waals surface area contributed by atoms with Crippen LogP contribution in [0.1, 0.15) is 17.5 Å². The minimum absolute atomic E-state index is 0.0900. The van der Waals surface area contributed by atoms with Gasteiger partial charge in [0.2, 0.25) is 10.0 Å². The van der Waals surface area contributed by atoms with Crippen LogP contribution in [0.2, 0.25) is 0 Å². The van der Waals surface area contributed by atoms with E-state index in [1.807, 2.05) is 37.3 Å². The highest BCUT2D eigenvalue weighted by atomic mass is 79.9. The van der Waals surface area contributed by atoms with Crippen molar-refractivity contribution >= 4 is 31.5 Å². The number of aryl methyl sites for hydroxylation is 1. The average molecular weight is 422 g/mol. The minimum atomic E-state index is -3.66. The van der Waals surface area contributed by atoms with Gasteiger partial charge in [-0.25, -0.2) is 8.42 Å². The summed E-state index contributed by atoms with van der Waals surface area (Å²) in [5, 5.41) is 10.2. The third-order valence-corrected chi connectivity index (χ3v) is 6.63. The zero-order valence-electron chi connectivity index (χ0n) is 13.9. The van der Waals surface area contributed by atoms with E-state index in [4.69, 9.17) is 0 Å². The van der Waals surface area contributed by atoms with Crippen molar-refractivity contribution in [2.45, 2.75) is 24.3 Å². The van der Waals surface area contributed by atoms with E-state index in [0.29, 0.717) is 6.42 Å². The first-order valence-corrected chi connectivity index (χ1v) is 10.3. The van der Waals surface area contributed by atoms with Gasteiger partial charge in [0.05, 0.1) is 11.0 Å². The van der Waals surface area contributed by atoms with Crippen LogP contribution in [0, 0.1) is 6.92 Å². The molecule has 1 aliphatic rings. The molecule has 132 valence electrons. The molecule has 4 nitrogen and oxygen atoms in total. The summed E-state index contributed by atoms with van der Waals surface area (Å²) in [6, 6.07) is 14.6. The molecule has 0 spiro atoms. The molecule has 1 aliphatic heterocycles. The Morgan fingerprint density at radius 1 is 1.08 bits per heavy atom. The Morgan fingerprint density at radius 3 is 2.36 bits per heavy atom. The van der Waals surface area contributed by atoms with Crippen LogP contribution in [-0.4, -0.2) is 37.0 Å². The van der Waals surface area contributed by atoms with Crippen molar-refractivity contribution in [2.24, 2.45) is 0 Å². The normalized spacial score (nSPS) is 19.3. The smallest absolute Gasteiger partial charge is 0.243 e. The summed E-state index contributed by atoms with van der Waals surface area (Å²) >= 11 is 3.41.